The average molecular weight is 353 g/mol. The van der Waals surface area contributed by atoms with E-state index >= 15 is 0 Å². The highest BCUT2D eigenvalue weighted by Crippen LogP contribution is 2.25. The zero-order chi connectivity index (χ0) is 18.1. The number of morpholine rings is 1. The molecule has 0 aromatic carbocycles. The van der Waals surface area contributed by atoms with Crippen LogP contribution in [-0.2, 0) is 4.74 Å². The van der Waals surface area contributed by atoms with Crippen molar-refractivity contribution >= 4 is 17.4 Å². The number of fused-ring (bicyclic) bond motifs is 1. The van der Waals surface area contributed by atoms with E-state index in [0.29, 0.717) is 42.6 Å². The van der Waals surface area contributed by atoms with Gasteiger partial charge < -0.3 is 15.0 Å². The third-order valence-electron chi connectivity index (χ3n) is 4.32. The number of anilines is 1. The van der Waals surface area contributed by atoms with Crippen LogP contribution in [0.5, 0.6) is 0 Å². The minimum absolute atomic E-state index is 0.150. The fraction of sp³-hybridized carbons (Fsp3) is 0.353. The van der Waals surface area contributed by atoms with Gasteiger partial charge in [-0.25, -0.2) is 19.5 Å². The summed E-state index contributed by atoms with van der Waals surface area (Å²) in [4.78, 5) is 28.3. The molecule has 0 radical (unpaired) electrons. The highest BCUT2D eigenvalue weighted by Gasteiger charge is 2.33. The number of carbonyl (C=O) groups is 1. The second-order valence-electron chi connectivity index (χ2n) is 6.04. The summed E-state index contributed by atoms with van der Waals surface area (Å²) in [7, 11) is 1.80. The zero-order valence-corrected chi connectivity index (χ0v) is 14.6. The first kappa shape index (κ1) is 16.4. The summed E-state index contributed by atoms with van der Waals surface area (Å²) in [6, 6.07) is 3.27. The maximum Gasteiger partial charge on any atom is 0.260 e. The lowest BCUT2D eigenvalue weighted by molar-refractivity contribution is -0.00514. The average Bonchev–Trinajstić information content (AvgIpc) is 3.11. The summed E-state index contributed by atoms with van der Waals surface area (Å²) >= 11 is 0. The van der Waals surface area contributed by atoms with E-state index in [-0.39, 0.29) is 11.9 Å². The largest absolute Gasteiger partial charge is 0.377 e. The summed E-state index contributed by atoms with van der Waals surface area (Å²) in [6.45, 7) is 3.18. The Kier molecular flexibility index (Phi) is 4.21. The van der Waals surface area contributed by atoms with E-state index in [1.165, 1.54) is 0 Å². The molecule has 1 atom stereocenters. The highest BCUT2D eigenvalue weighted by atomic mass is 16.5. The van der Waals surface area contributed by atoms with Crippen LogP contribution in [0.2, 0.25) is 0 Å². The number of nitrogens with zero attached hydrogens (tertiary/aromatic N) is 6. The van der Waals surface area contributed by atoms with Crippen LogP contribution < -0.4 is 5.32 Å². The number of aryl methyl sites for hydroxylation is 1. The van der Waals surface area contributed by atoms with E-state index in [9.17, 15) is 4.79 Å². The summed E-state index contributed by atoms with van der Waals surface area (Å²) in [5.41, 5.74) is 1.82. The van der Waals surface area contributed by atoms with Gasteiger partial charge in [0.1, 0.15) is 17.4 Å². The molecule has 1 saturated heterocycles. The molecule has 4 heterocycles. The Hall–Kier alpha value is -3.07. The minimum Gasteiger partial charge on any atom is -0.377 e. The summed E-state index contributed by atoms with van der Waals surface area (Å²) < 4.78 is 7.19. The van der Waals surface area contributed by atoms with Crippen LogP contribution in [0.15, 0.2) is 30.7 Å². The molecule has 0 aliphatic carbocycles. The van der Waals surface area contributed by atoms with Crippen molar-refractivity contribution in [3.63, 3.8) is 0 Å². The van der Waals surface area contributed by atoms with Crippen molar-refractivity contribution in [2.45, 2.75) is 13.0 Å². The molecule has 9 nitrogen and oxygen atoms in total. The second kappa shape index (κ2) is 6.68. The molecule has 3 aromatic heterocycles. The molecule has 0 bridgehead atoms. The Morgan fingerprint density at radius 1 is 1.38 bits per heavy atom. The van der Waals surface area contributed by atoms with Gasteiger partial charge in [0, 0.05) is 37.7 Å². The van der Waals surface area contributed by atoms with Crippen molar-refractivity contribution in [2.75, 3.05) is 32.1 Å². The van der Waals surface area contributed by atoms with Crippen LogP contribution in [0.3, 0.4) is 0 Å². The maximum atomic E-state index is 13.2. The summed E-state index contributed by atoms with van der Waals surface area (Å²) in [6.07, 6.45) is 4.96. The highest BCUT2D eigenvalue weighted by molar-refractivity contribution is 5.99. The van der Waals surface area contributed by atoms with Gasteiger partial charge in [-0.3, -0.25) is 4.79 Å². The molecule has 0 saturated carbocycles. The van der Waals surface area contributed by atoms with Gasteiger partial charge in [0.15, 0.2) is 11.5 Å². The normalized spacial score (nSPS) is 17.5. The van der Waals surface area contributed by atoms with Gasteiger partial charge in [-0.05, 0) is 13.0 Å². The van der Waals surface area contributed by atoms with E-state index in [0.717, 1.165) is 5.69 Å². The molecule has 1 fully saturated rings. The van der Waals surface area contributed by atoms with Gasteiger partial charge in [-0.15, -0.1) is 0 Å². The Morgan fingerprint density at radius 3 is 3.12 bits per heavy atom. The molecule has 1 N–H and O–H groups in total. The number of ether oxygens (including phenoxy) is 1. The maximum absolute atomic E-state index is 13.2. The van der Waals surface area contributed by atoms with Crippen LogP contribution >= 0.6 is 0 Å². The lowest BCUT2D eigenvalue weighted by atomic mass is 10.1. The Bertz CT molecular complexity index is 955. The quantitative estimate of drug-likeness (QED) is 0.752. The number of hydrogen-bond acceptors (Lipinski definition) is 7. The zero-order valence-electron chi connectivity index (χ0n) is 14.6. The first-order valence-electron chi connectivity index (χ1n) is 8.38. The van der Waals surface area contributed by atoms with Crippen LogP contribution in [0, 0.1) is 6.92 Å². The van der Waals surface area contributed by atoms with Gasteiger partial charge in [0.2, 0.25) is 0 Å². The smallest absolute Gasteiger partial charge is 0.260 e. The van der Waals surface area contributed by atoms with E-state index in [2.05, 4.69) is 25.4 Å². The van der Waals surface area contributed by atoms with Crippen LogP contribution in [-0.4, -0.2) is 62.2 Å². The Morgan fingerprint density at radius 2 is 2.27 bits per heavy atom. The molecule has 134 valence electrons. The predicted molar refractivity (Wildman–Crippen MR) is 93.9 cm³/mol. The number of aromatic nitrogens is 5. The molecule has 1 aliphatic heterocycles. The fourth-order valence-electron chi connectivity index (χ4n) is 3.06. The molecule has 0 spiro atoms. The number of rotatable bonds is 3. The van der Waals surface area contributed by atoms with E-state index in [1.807, 2.05) is 13.0 Å². The second-order valence-corrected chi connectivity index (χ2v) is 6.04. The monoisotopic (exact) mass is 353 g/mol. The fourth-order valence-corrected chi connectivity index (χ4v) is 3.06. The number of hydrogen-bond donors (Lipinski definition) is 1. The summed E-state index contributed by atoms with van der Waals surface area (Å²) in [5.74, 6) is 1.12. The summed E-state index contributed by atoms with van der Waals surface area (Å²) in [5, 5.41) is 7.23. The lowest BCUT2D eigenvalue weighted by Gasteiger charge is -2.34. The molecule has 3 aromatic rings. The molecule has 26 heavy (non-hydrogen) atoms. The van der Waals surface area contributed by atoms with Crippen LogP contribution in [0.25, 0.3) is 5.65 Å². The van der Waals surface area contributed by atoms with Crippen molar-refractivity contribution < 1.29 is 9.53 Å². The number of amides is 1. The third kappa shape index (κ3) is 2.86. The Balaban J connectivity index is 1.71. The van der Waals surface area contributed by atoms with Crippen molar-refractivity contribution in [1.29, 1.82) is 0 Å². The van der Waals surface area contributed by atoms with Crippen molar-refractivity contribution in [1.82, 2.24) is 29.5 Å². The number of nitrogens with one attached hydrogen (secondary N) is 1. The van der Waals surface area contributed by atoms with Crippen molar-refractivity contribution in [2.24, 2.45) is 0 Å². The predicted octanol–water partition coefficient (Wildman–Crippen LogP) is 1.08. The lowest BCUT2D eigenvalue weighted by Crippen LogP contribution is -2.44. The number of carbonyl (C=O) groups excluding carboxylic acids is 1. The van der Waals surface area contributed by atoms with Crippen molar-refractivity contribution in [3.8, 4) is 0 Å². The van der Waals surface area contributed by atoms with Gasteiger partial charge in [-0.2, -0.15) is 5.10 Å². The third-order valence-corrected chi connectivity index (χ3v) is 4.32. The molecule has 4 rings (SSSR count). The molecular weight excluding hydrogens is 334 g/mol. The van der Waals surface area contributed by atoms with E-state index < -0.39 is 0 Å². The van der Waals surface area contributed by atoms with Crippen molar-refractivity contribution in [3.05, 3.63) is 47.8 Å². The van der Waals surface area contributed by atoms with Crippen LogP contribution in [0.1, 0.15) is 27.9 Å². The van der Waals surface area contributed by atoms with Gasteiger partial charge in [-0.1, -0.05) is 0 Å². The topological polar surface area (TPSA) is 97.5 Å². The molecule has 1 aliphatic rings. The molecular formula is C17H19N7O2. The van der Waals surface area contributed by atoms with E-state index in [1.54, 1.807) is 41.1 Å². The Labute approximate surface area is 150 Å². The first-order valence-corrected chi connectivity index (χ1v) is 8.38. The van der Waals surface area contributed by atoms with Gasteiger partial charge in [0.25, 0.3) is 5.91 Å². The molecule has 1 amide bonds. The molecule has 0 unspecified atom stereocenters. The van der Waals surface area contributed by atoms with Gasteiger partial charge >= 0.3 is 0 Å². The van der Waals surface area contributed by atoms with Crippen LogP contribution in [0.4, 0.5) is 5.82 Å². The molecule has 9 heteroatoms. The van der Waals surface area contributed by atoms with Gasteiger partial charge in [0.05, 0.1) is 19.4 Å². The standard InChI is InChI=1S/C17H19N7O2/c1-11-8-14(18-2)22-15(21-11)13-10-26-7-6-23(13)17(25)12-9-20-24-5-3-4-19-16(12)24/h3-5,8-9,13H,6-7,10H2,1-2H3,(H,18,21,22)/t13-/m0/s1. The van der Waals surface area contributed by atoms with E-state index in [4.69, 9.17) is 4.74 Å². The first-order chi connectivity index (χ1) is 12.7. The minimum atomic E-state index is -0.359. The SMILES string of the molecule is CNc1cc(C)nc([C@@H]2COCCN2C(=O)c2cnn3cccnc23)n1.